The Balaban J connectivity index is 2.94. The Bertz CT molecular complexity index is 351. The molecular weight excluding hydrogens is 160 g/mol. The van der Waals surface area contributed by atoms with E-state index in [0.29, 0.717) is 5.56 Å². The zero-order chi connectivity index (χ0) is 9.68. The second-order valence-electron chi connectivity index (χ2n) is 2.62. The molecule has 0 bridgehead atoms. The number of nitrogens with one attached hydrogen (secondary N) is 1. The van der Waals surface area contributed by atoms with Gasteiger partial charge in [-0.3, -0.25) is 0 Å². The van der Waals surface area contributed by atoms with Crippen LogP contribution >= 0.6 is 0 Å². The number of nitrogens with zero attached hydrogens (tertiary/aromatic N) is 1. The summed E-state index contributed by atoms with van der Waals surface area (Å²) in [5.41, 5.74) is 1.65. The van der Waals surface area contributed by atoms with Crippen LogP contribution in [0.15, 0.2) is 24.3 Å². The molecule has 64 valence electrons. The van der Waals surface area contributed by atoms with Crippen molar-refractivity contribution in [2.75, 3.05) is 7.05 Å². The molecule has 0 aliphatic heterocycles. The van der Waals surface area contributed by atoms with Gasteiger partial charge in [0.2, 0.25) is 0 Å². The lowest BCUT2D eigenvalue weighted by molar-refractivity contribution is 0.736. The fraction of sp³-hybridized carbons (Fsp3) is 0.182. The van der Waals surface area contributed by atoms with Gasteiger partial charge in [0.15, 0.2) is 0 Å². The number of nitriles is 1. The molecule has 1 unspecified atom stereocenters. The zero-order valence-corrected chi connectivity index (χ0v) is 7.41. The minimum atomic E-state index is -0.0762. The molecule has 0 fully saturated rings. The van der Waals surface area contributed by atoms with Crippen LogP contribution < -0.4 is 5.32 Å². The van der Waals surface area contributed by atoms with Crippen molar-refractivity contribution in [3.63, 3.8) is 0 Å². The minimum absolute atomic E-state index is 0.0762. The van der Waals surface area contributed by atoms with Crippen molar-refractivity contribution in [3.8, 4) is 18.4 Å². The first-order valence-corrected chi connectivity index (χ1v) is 3.95. The Morgan fingerprint density at radius 3 is 2.38 bits per heavy atom. The fourth-order valence-corrected chi connectivity index (χ4v) is 1.10. The van der Waals surface area contributed by atoms with Crippen molar-refractivity contribution in [1.82, 2.24) is 5.32 Å². The molecule has 1 atom stereocenters. The van der Waals surface area contributed by atoms with Crippen LogP contribution in [0.2, 0.25) is 0 Å². The predicted octanol–water partition coefficient (Wildman–Crippen LogP) is 1.45. The zero-order valence-electron chi connectivity index (χ0n) is 7.41. The van der Waals surface area contributed by atoms with E-state index in [0.717, 1.165) is 5.56 Å². The highest BCUT2D eigenvalue weighted by Gasteiger charge is 2.03. The molecule has 0 saturated carbocycles. The van der Waals surface area contributed by atoms with E-state index in [-0.39, 0.29) is 6.04 Å². The van der Waals surface area contributed by atoms with Crippen molar-refractivity contribution in [2.24, 2.45) is 0 Å². The predicted molar refractivity (Wildman–Crippen MR) is 51.8 cm³/mol. The smallest absolute Gasteiger partial charge is 0.0991 e. The highest BCUT2D eigenvalue weighted by atomic mass is 14.9. The molecule has 1 N–H and O–H groups in total. The Kier molecular flexibility index (Phi) is 3.09. The fourth-order valence-electron chi connectivity index (χ4n) is 1.10. The first-order valence-electron chi connectivity index (χ1n) is 3.95. The molecule has 0 aliphatic rings. The van der Waals surface area contributed by atoms with Gasteiger partial charge in [0, 0.05) is 0 Å². The monoisotopic (exact) mass is 170 g/mol. The molecule has 0 saturated heterocycles. The largest absolute Gasteiger partial charge is 0.303 e. The number of hydrogen-bond donors (Lipinski definition) is 1. The van der Waals surface area contributed by atoms with Gasteiger partial charge in [-0.15, -0.1) is 6.42 Å². The minimum Gasteiger partial charge on any atom is -0.303 e. The van der Waals surface area contributed by atoms with Crippen LogP contribution in [0.3, 0.4) is 0 Å². The first kappa shape index (κ1) is 9.32. The van der Waals surface area contributed by atoms with E-state index in [1.165, 1.54) is 0 Å². The third-order valence-corrected chi connectivity index (χ3v) is 1.83. The van der Waals surface area contributed by atoms with E-state index < -0.39 is 0 Å². The molecule has 0 aromatic heterocycles. The summed E-state index contributed by atoms with van der Waals surface area (Å²) in [7, 11) is 1.81. The van der Waals surface area contributed by atoms with Gasteiger partial charge in [0.05, 0.1) is 17.7 Å². The van der Waals surface area contributed by atoms with E-state index in [1.807, 2.05) is 19.2 Å². The molecule has 0 heterocycles. The van der Waals surface area contributed by atoms with Crippen LogP contribution in [0, 0.1) is 23.7 Å². The van der Waals surface area contributed by atoms with E-state index in [1.54, 1.807) is 12.1 Å². The van der Waals surface area contributed by atoms with Gasteiger partial charge < -0.3 is 5.32 Å². The van der Waals surface area contributed by atoms with Gasteiger partial charge in [0.1, 0.15) is 0 Å². The van der Waals surface area contributed by atoms with Gasteiger partial charge in [-0.2, -0.15) is 5.26 Å². The average molecular weight is 170 g/mol. The van der Waals surface area contributed by atoms with E-state index in [4.69, 9.17) is 11.7 Å². The van der Waals surface area contributed by atoms with E-state index in [9.17, 15) is 0 Å². The Labute approximate surface area is 78.2 Å². The molecule has 0 amide bonds. The van der Waals surface area contributed by atoms with Crippen molar-refractivity contribution in [3.05, 3.63) is 35.4 Å². The summed E-state index contributed by atoms with van der Waals surface area (Å²) in [6.45, 7) is 0. The second kappa shape index (κ2) is 4.30. The molecule has 13 heavy (non-hydrogen) atoms. The van der Waals surface area contributed by atoms with Gasteiger partial charge in [0.25, 0.3) is 0 Å². The molecular formula is C11H10N2. The summed E-state index contributed by atoms with van der Waals surface area (Å²) in [5, 5.41) is 11.6. The lowest BCUT2D eigenvalue weighted by Gasteiger charge is -2.08. The van der Waals surface area contributed by atoms with E-state index in [2.05, 4.69) is 17.3 Å². The van der Waals surface area contributed by atoms with Gasteiger partial charge in [-0.1, -0.05) is 18.1 Å². The summed E-state index contributed by atoms with van der Waals surface area (Å²) in [6, 6.07) is 9.22. The van der Waals surface area contributed by atoms with Crippen LogP contribution in [0.5, 0.6) is 0 Å². The SMILES string of the molecule is C#CC(NC)c1ccc(C#N)cc1. The van der Waals surface area contributed by atoms with Gasteiger partial charge in [-0.05, 0) is 24.7 Å². The summed E-state index contributed by atoms with van der Waals surface area (Å²) in [5.74, 6) is 2.61. The lowest BCUT2D eigenvalue weighted by atomic mass is 10.1. The topological polar surface area (TPSA) is 35.8 Å². The molecule has 2 nitrogen and oxygen atoms in total. The quantitative estimate of drug-likeness (QED) is 0.682. The highest BCUT2D eigenvalue weighted by Crippen LogP contribution is 2.11. The van der Waals surface area contributed by atoms with Crippen LogP contribution in [-0.4, -0.2) is 7.05 Å². The molecule has 0 aliphatic carbocycles. The molecule has 1 aromatic rings. The van der Waals surface area contributed by atoms with Gasteiger partial charge in [-0.25, -0.2) is 0 Å². The van der Waals surface area contributed by atoms with Crippen LogP contribution in [0.25, 0.3) is 0 Å². The highest BCUT2D eigenvalue weighted by molar-refractivity contribution is 5.34. The maximum atomic E-state index is 8.58. The maximum Gasteiger partial charge on any atom is 0.0991 e. The van der Waals surface area contributed by atoms with Crippen LogP contribution in [-0.2, 0) is 0 Å². The van der Waals surface area contributed by atoms with Gasteiger partial charge >= 0.3 is 0 Å². The third kappa shape index (κ3) is 2.08. The molecule has 0 radical (unpaired) electrons. The Morgan fingerprint density at radius 2 is 2.00 bits per heavy atom. The number of hydrogen-bond acceptors (Lipinski definition) is 2. The molecule has 2 heteroatoms. The first-order chi connectivity index (χ1) is 6.31. The average Bonchev–Trinajstić information content (AvgIpc) is 2.21. The van der Waals surface area contributed by atoms with Crippen molar-refractivity contribution >= 4 is 0 Å². The van der Waals surface area contributed by atoms with Crippen molar-refractivity contribution in [1.29, 1.82) is 5.26 Å². The summed E-state index contributed by atoms with van der Waals surface area (Å²) >= 11 is 0. The standard InChI is InChI=1S/C11H10N2/c1-3-11(13-2)10-6-4-9(8-12)5-7-10/h1,4-7,11,13H,2H3. The van der Waals surface area contributed by atoms with Crippen molar-refractivity contribution < 1.29 is 0 Å². The van der Waals surface area contributed by atoms with E-state index >= 15 is 0 Å². The molecule has 1 aromatic carbocycles. The lowest BCUT2D eigenvalue weighted by Crippen LogP contribution is -2.13. The maximum absolute atomic E-state index is 8.58. The van der Waals surface area contributed by atoms with Crippen LogP contribution in [0.4, 0.5) is 0 Å². The number of rotatable bonds is 2. The molecule has 1 rings (SSSR count). The van der Waals surface area contributed by atoms with Crippen LogP contribution in [0.1, 0.15) is 17.2 Å². The number of terminal acetylenes is 1. The normalized spacial score (nSPS) is 11.3. The summed E-state index contributed by atoms with van der Waals surface area (Å²) in [6.07, 6.45) is 5.31. The summed E-state index contributed by atoms with van der Waals surface area (Å²) in [4.78, 5) is 0. The second-order valence-corrected chi connectivity index (χ2v) is 2.62. The summed E-state index contributed by atoms with van der Waals surface area (Å²) < 4.78 is 0. The van der Waals surface area contributed by atoms with Crippen molar-refractivity contribution in [2.45, 2.75) is 6.04 Å². The Morgan fingerprint density at radius 1 is 1.38 bits per heavy atom. The number of benzene rings is 1. The third-order valence-electron chi connectivity index (χ3n) is 1.83. The molecule has 0 spiro atoms. The Hall–Kier alpha value is -1.77.